The molecule has 2 aliphatic rings. The molecule has 0 aliphatic heterocycles. The number of hydrogen-bond acceptors (Lipinski definition) is 5. The van der Waals surface area contributed by atoms with Crippen LogP contribution in [-0.2, 0) is 10.3 Å². The Morgan fingerprint density at radius 2 is 2.05 bits per heavy atom. The smallest absolute Gasteiger partial charge is 0.229 e. The predicted molar refractivity (Wildman–Crippen MR) is 80.1 cm³/mol. The van der Waals surface area contributed by atoms with Gasteiger partial charge in [0.2, 0.25) is 11.7 Å². The van der Waals surface area contributed by atoms with Gasteiger partial charge in [-0.2, -0.15) is 4.98 Å². The first-order valence-electron chi connectivity index (χ1n) is 8.40. The fourth-order valence-electron chi connectivity index (χ4n) is 3.50. The topological polar surface area (TPSA) is 60.2 Å². The molecule has 0 radical (unpaired) electrons. The first-order chi connectivity index (χ1) is 10.3. The summed E-state index contributed by atoms with van der Waals surface area (Å²) >= 11 is 0. The summed E-state index contributed by atoms with van der Waals surface area (Å²) in [7, 11) is 1.75. The van der Waals surface area contributed by atoms with E-state index in [1.807, 2.05) is 0 Å². The molecule has 21 heavy (non-hydrogen) atoms. The van der Waals surface area contributed by atoms with Gasteiger partial charge in [0.15, 0.2) is 0 Å². The van der Waals surface area contributed by atoms with E-state index in [-0.39, 0.29) is 5.60 Å². The molecule has 1 heterocycles. The zero-order chi connectivity index (χ0) is 14.7. The molecular weight excluding hydrogens is 266 g/mol. The highest BCUT2D eigenvalue weighted by atomic mass is 16.5. The number of ether oxygens (including phenoxy) is 1. The number of nitrogens with zero attached hydrogens (tertiary/aromatic N) is 2. The molecule has 2 aliphatic carbocycles. The molecule has 1 N–H and O–H groups in total. The SMILES string of the molecule is CCCNC1CCC(c2nc(C3(OC)CCC3)no2)CC1. The van der Waals surface area contributed by atoms with E-state index in [0.29, 0.717) is 12.0 Å². The third-order valence-electron chi connectivity index (χ3n) is 5.16. The van der Waals surface area contributed by atoms with Gasteiger partial charge in [-0.3, -0.25) is 0 Å². The standard InChI is InChI=1S/C16H27N3O2/c1-3-11-17-13-7-5-12(6-8-13)14-18-15(19-21-14)16(20-2)9-4-10-16/h12-13,17H,3-11H2,1-2H3. The van der Waals surface area contributed by atoms with Gasteiger partial charge in [0.1, 0.15) is 5.60 Å². The lowest BCUT2D eigenvalue weighted by Gasteiger charge is -2.37. The summed E-state index contributed by atoms with van der Waals surface area (Å²) in [5.41, 5.74) is -0.262. The molecule has 5 nitrogen and oxygen atoms in total. The Morgan fingerprint density at radius 1 is 1.29 bits per heavy atom. The molecule has 3 rings (SSSR count). The molecule has 5 heteroatoms. The number of aromatic nitrogens is 2. The van der Waals surface area contributed by atoms with Crippen molar-refractivity contribution < 1.29 is 9.26 Å². The van der Waals surface area contributed by atoms with E-state index in [9.17, 15) is 0 Å². The van der Waals surface area contributed by atoms with Gasteiger partial charge in [-0.1, -0.05) is 12.1 Å². The molecule has 0 bridgehead atoms. The Kier molecular flexibility index (Phi) is 4.60. The molecule has 2 fully saturated rings. The van der Waals surface area contributed by atoms with Crippen LogP contribution < -0.4 is 5.32 Å². The second kappa shape index (κ2) is 6.44. The van der Waals surface area contributed by atoms with Crippen molar-refractivity contribution in [1.82, 2.24) is 15.5 Å². The van der Waals surface area contributed by atoms with Gasteiger partial charge in [-0.05, 0) is 57.9 Å². The quantitative estimate of drug-likeness (QED) is 0.873. The summed E-state index contributed by atoms with van der Waals surface area (Å²) in [6.45, 7) is 3.33. The van der Waals surface area contributed by atoms with Crippen LogP contribution >= 0.6 is 0 Å². The molecule has 118 valence electrons. The Hall–Kier alpha value is -0.940. The van der Waals surface area contributed by atoms with Crippen molar-refractivity contribution in [2.75, 3.05) is 13.7 Å². The van der Waals surface area contributed by atoms with Crippen molar-refractivity contribution in [1.29, 1.82) is 0 Å². The summed E-state index contributed by atoms with van der Waals surface area (Å²) in [5.74, 6) is 2.01. The van der Waals surface area contributed by atoms with Gasteiger partial charge >= 0.3 is 0 Å². The number of hydrogen-bond donors (Lipinski definition) is 1. The summed E-state index contributed by atoms with van der Waals surface area (Å²) < 4.78 is 11.2. The molecule has 0 atom stereocenters. The Morgan fingerprint density at radius 3 is 2.62 bits per heavy atom. The number of rotatable bonds is 6. The second-order valence-corrected chi connectivity index (χ2v) is 6.51. The minimum atomic E-state index is -0.262. The fraction of sp³-hybridized carbons (Fsp3) is 0.875. The van der Waals surface area contributed by atoms with E-state index >= 15 is 0 Å². The van der Waals surface area contributed by atoms with Crippen LogP contribution in [0.2, 0.25) is 0 Å². The molecule has 0 spiro atoms. The van der Waals surface area contributed by atoms with E-state index in [1.54, 1.807) is 7.11 Å². The van der Waals surface area contributed by atoms with Crippen LogP contribution in [0.25, 0.3) is 0 Å². The Labute approximate surface area is 126 Å². The average Bonchev–Trinajstić information content (AvgIpc) is 2.95. The third-order valence-corrected chi connectivity index (χ3v) is 5.16. The van der Waals surface area contributed by atoms with Gasteiger partial charge in [0, 0.05) is 19.1 Å². The zero-order valence-corrected chi connectivity index (χ0v) is 13.2. The van der Waals surface area contributed by atoms with Crippen LogP contribution in [0.1, 0.15) is 75.9 Å². The lowest BCUT2D eigenvalue weighted by molar-refractivity contribution is -0.0858. The first-order valence-corrected chi connectivity index (χ1v) is 8.40. The molecule has 0 amide bonds. The fourth-order valence-corrected chi connectivity index (χ4v) is 3.50. The van der Waals surface area contributed by atoms with Gasteiger partial charge < -0.3 is 14.6 Å². The summed E-state index contributed by atoms with van der Waals surface area (Å²) in [6, 6.07) is 0.667. The molecule has 0 unspecified atom stereocenters. The van der Waals surface area contributed by atoms with Crippen LogP contribution in [0.15, 0.2) is 4.52 Å². The van der Waals surface area contributed by atoms with Crippen molar-refractivity contribution in [2.24, 2.45) is 0 Å². The Balaban J connectivity index is 1.58. The highest BCUT2D eigenvalue weighted by Gasteiger charge is 2.43. The van der Waals surface area contributed by atoms with Crippen molar-refractivity contribution in [3.05, 3.63) is 11.7 Å². The van der Waals surface area contributed by atoms with Crippen molar-refractivity contribution in [3.8, 4) is 0 Å². The summed E-state index contributed by atoms with van der Waals surface area (Å²) in [6.07, 6.45) is 9.10. The summed E-state index contributed by atoms with van der Waals surface area (Å²) in [5, 5.41) is 7.81. The monoisotopic (exact) mass is 293 g/mol. The zero-order valence-electron chi connectivity index (χ0n) is 13.2. The normalized spacial score (nSPS) is 28.3. The lowest BCUT2D eigenvalue weighted by Crippen LogP contribution is -2.37. The van der Waals surface area contributed by atoms with Crippen molar-refractivity contribution >= 4 is 0 Å². The van der Waals surface area contributed by atoms with Crippen molar-refractivity contribution in [2.45, 2.75) is 75.9 Å². The van der Waals surface area contributed by atoms with E-state index < -0.39 is 0 Å². The first kappa shape index (κ1) is 15.0. The molecule has 1 aromatic heterocycles. The van der Waals surface area contributed by atoms with Crippen LogP contribution in [0.4, 0.5) is 0 Å². The van der Waals surface area contributed by atoms with E-state index in [1.165, 1.54) is 25.7 Å². The molecular formula is C16H27N3O2. The average molecular weight is 293 g/mol. The lowest BCUT2D eigenvalue weighted by atomic mass is 9.79. The van der Waals surface area contributed by atoms with Crippen LogP contribution in [0, 0.1) is 0 Å². The maximum Gasteiger partial charge on any atom is 0.229 e. The van der Waals surface area contributed by atoms with Crippen molar-refractivity contribution in [3.63, 3.8) is 0 Å². The molecule has 0 aromatic carbocycles. The van der Waals surface area contributed by atoms with Crippen LogP contribution in [-0.4, -0.2) is 29.8 Å². The summed E-state index contributed by atoms with van der Waals surface area (Å²) in [4.78, 5) is 4.66. The highest BCUT2D eigenvalue weighted by molar-refractivity contribution is 5.08. The number of methoxy groups -OCH3 is 1. The third kappa shape index (κ3) is 2.99. The van der Waals surface area contributed by atoms with Gasteiger partial charge in [0.05, 0.1) is 0 Å². The molecule has 0 saturated heterocycles. The highest BCUT2D eigenvalue weighted by Crippen LogP contribution is 2.43. The second-order valence-electron chi connectivity index (χ2n) is 6.51. The van der Waals surface area contributed by atoms with Gasteiger partial charge in [-0.25, -0.2) is 0 Å². The maximum absolute atomic E-state index is 5.63. The van der Waals surface area contributed by atoms with E-state index in [4.69, 9.17) is 9.26 Å². The molecule has 2 saturated carbocycles. The van der Waals surface area contributed by atoms with E-state index in [0.717, 1.165) is 43.9 Å². The largest absolute Gasteiger partial charge is 0.370 e. The Bertz CT molecular complexity index is 443. The minimum Gasteiger partial charge on any atom is -0.370 e. The predicted octanol–water partition coefficient (Wildman–Crippen LogP) is 3.12. The van der Waals surface area contributed by atoms with Gasteiger partial charge in [-0.15, -0.1) is 0 Å². The molecule has 1 aromatic rings. The van der Waals surface area contributed by atoms with Crippen LogP contribution in [0.5, 0.6) is 0 Å². The van der Waals surface area contributed by atoms with E-state index in [2.05, 4.69) is 22.4 Å². The minimum absolute atomic E-state index is 0.262. The maximum atomic E-state index is 5.63. The van der Waals surface area contributed by atoms with Gasteiger partial charge in [0.25, 0.3) is 0 Å². The van der Waals surface area contributed by atoms with Crippen LogP contribution in [0.3, 0.4) is 0 Å². The number of nitrogens with one attached hydrogen (secondary N) is 1.